The van der Waals surface area contributed by atoms with Crippen molar-refractivity contribution in [3.8, 4) is 5.75 Å². The van der Waals surface area contributed by atoms with Crippen molar-refractivity contribution < 1.29 is 4.74 Å². The van der Waals surface area contributed by atoms with E-state index in [1.807, 2.05) is 48.7 Å². The fourth-order valence-corrected chi connectivity index (χ4v) is 3.91. The standard InChI is InChI=1S/C23H26N2O2.ClH/c1-27-21-10-7-17(8-11-21)16-25-14-13-18-15-20(9-12-22(18)23(25)26)24-19-5-3-2-4-6-19;/h7-15,19,24H,2-6,16H2,1H3;1H. The third-order valence-electron chi connectivity index (χ3n) is 5.46. The number of aromatic nitrogens is 1. The lowest BCUT2D eigenvalue weighted by molar-refractivity contribution is 0.414. The van der Waals surface area contributed by atoms with Gasteiger partial charge in [-0.15, -0.1) is 12.4 Å². The molecular weight excluding hydrogens is 372 g/mol. The molecule has 1 fully saturated rings. The first-order valence-electron chi connectivity index (χ1n) is 9.75. The molecule has 148 valence electrons. The van der Waals surface area contributed by atoms with Gasteiger partial charge in [0.2, 0.25) is 0 Å². The summed E-state index contributed by atoms with van der Waals surface area (Å²) in [6, 6.07) is 16.5. The zero-order valence-electron chi connectivity index (χ0n) is 16.2. The second-order valence-corrected chi connectivity index (χ2v) is 7.38. The lowest BCUT2D eigenvalue weighted by Crippen LogP contribution is -2.22. The molecule has 4 rings (SSSR count). The summed E-state index contributed by atoms with van der Waals surface area (Å²) in [6.45, 7) is 0.556. The van der Waals surface area contributed by atoms with E-state index in [4.69, 9.17) is 4.74 Å². The minimum absolute atomic E-state index is 0. The van der Waals surface area contributed by atoms with Crippen molar-refractivity contribution in [2.24, 2.45) is 0 Å². The summed E-state index contributed by atoms with van der Waals surface area (Å²) >= 11 is 0. The summed E-state index contributed by atoms with van der Waals surface area (Å²) < 4.78 is 6.95. The lowest BCUT2D eigenvalue weighted by atomic mass is 9.95. The van der Waals surface area contributed by atoms with Gasteiger partial charge in [-0.05, 0) is 60.2 Å². The number of hydrogen-bond acceptors (Lipinski definition) is 3. The quantitative estimate of drug-likeness (QED) is 0.640. The van der Waals surface area contributed by atoms with Gasteiger partial charge in [0.15, 0.2) is 0 Å². The van der Waals surface area contributed by atoms with Gasteiger partial charge in [0.05, 0.1) is 13.7 Å². The van der Waals surface area contributed by atoms with Gasteiger partial charge >= 0.3 is 0 Å². The highest BCUT2D eigenvalue weighted by molar-refractivity contribution is 5.85. The minimum Gasteiger partial charge on any atom is -0.497 e. The molecule has 0 unspecified atom stereocenters. The van der Waals surface area contributed by atoms with Crippen LogP contribution >= 0.6 is 12.4 Å². The van der Waals surface area contributed by atoms with Crippen molar-refractivity contribution in [3.63, 3.8) is 0 Å². The fourth-order valence-electron chi connectivity index (χ4n) is 3.91. The summed E-state index contributed by atoms with van der Waals surface area (Å²) in [6.07, 6.45) is 8.33. The molecule has 28 heavy (non-hydrogen) atoms. The number of anilines is 1. The Labute approximate surface area is 171 Å². The molecule has 1 aromatic heterocycles. The molecule has 0 aliphatic heterocycles. The highest BCUT2D eigenvalue weighted by Gasteiger charge is 2.13. The smallest absolute Gasteiger partial charge is 0.258 e. The third kappa shape index (κ3) is 4.50. The molecular formula is C23H27ClN2O2. The van der Waals surface area contributed by atoms with E-state index in [0.717, 1.165) is 27.8 Å². The lowest BCUT2D eigenvalue weighted by Gasteiger charge is -2.24. The third-order valence-corrected chi connectivity index (χ3v) is 5.46. The number of methoxy groups -OCH3 is 1. The van der Waals surface area contributed by atoms with Crippen LogP contribution in [0.3, 0.4) is 0 Å². The second kappa shape index (κ2) is 9.16. The van der Waals surface area contributed by atoms with E-state index in [-0.39, 0.29) is 18.0 Å². The molecule has 0 spiro atoms. The van der Waals surface area contributed by atoms with Crippen LogP contribution in [0.4, 0.5) is 5.69 Å². The van der Waals surface area contributed by atoms with Crippen molar-refractivity contribution in [3.05, 3.63) is 70.6 Å². The molecule has 2 aromatic carbocycles. The SMILES string of the molecule is COc1ccc(Cn2ccc3cc(NC4CCCCC4)ccc3c2=O)cc1.Cl. The molecule has 0 bridgehead atoms. The second-order valence-electron chi connectivity index (χ2n) is 7.38. The maximum Gasteiger partial charge on any atom is 0.258 e. The van der Waals surface area contributed by atoms with Crippen molar-refractivity contribution in [1.82, 2.24) is 4.57 Å². The highest BCUT2D eigenvalue weighted by Crippen LogP contribution is 2.23. The molecule has 1 aliphatic carbocycles. The molecule has 0 atom stereocenters. The van der Waals surface area contributed by atoms with E-state index in [0.29, 0.717) is 12.6 Å². The fraction of sp³-hybridized carbons (Fsp3) is 0.348. The van der Waals surface area contributed by atoms with Gasteiger partial charge in [-0.1, -0.05) is 31.4 Å². The van der Waals surface area contributed by atoms with E-state index < -0.39 is 0 Å². The van der Waals surface area contributed by atoms with Gasteiger partial charge < -0.3 is 14.6 Å². The number of rotatable bonds is 5. The van der Waals surface area contributed by atoms with Crippen LogP contribution in [0.25, 0.3) is 10.8 Å². The summed E-state index contributed by atoms with van der Waals surface area (Å²) in [7, 11) is 1.65. The van der Waals surface area contributed by atoms with Crippen LogP contribution in [0.2, 0.25) is 0 Å². The maximum atomic E-state index is 12.9. The molecule has 0 amide bonds. The number of benzene rings is 2. The van der Waals surface area contributed by atoms with Crippen LogP contribution in [0, 0.1) is 0 Å². The van der Waals surface area contributed by atoms with Crippen molar-refractivity contribution in [2.75, 3.05) is 12.4 Å². The van der Waals surface area contributed by atoms with E-state index >= 15 is 0 Å². The molecule has 0 radical (unpaired) electrons. The minimum atomic E-state index is 0. The van der Waals surface area contributed by atoms with Crippen LogP contribution in [-0.4, -0.2) is 17.7 Å². The zero-order chi connectivity index (χ0) is 18.6. The van der Waals surface area contributed by atoms with Crippen molar-refractivity contribution in [1.29, 1.82) is 0 Å². The Hall–Kier alpha value is -2.46. The molecule has 4 nitrogen and oxygen atoms in total. The predicted molar refractivity (Wildman–Crippen MR) is 118 cm³/mol. The van der Waals surface area contributed by atoms with Gasteiger partial charge in [-0.25, -0.2) is 0 Å². The van der Waals surface area contributed by atoms with Gasteiger partial charge in [-0.2, -0.15) is 0 Å². The summed E-state index contributed by atoms with van der Waals surface area (Å²) in [5.74, 6) is 0.822. The van der Waals surface area contributed by atoms with Gasteiger partial charge in [0.1, 0.15) is 5.75 Å². The predicted octanol–water partition coefficient (Wildman–Crippen LogP) is 5.22. The van der Waals surface area contributed by atoms with Crippen LogP contribution in [0.5, 0.6) is 5.75 Å². The van der Waals surface area contributed by atoms with Crippen LogP contribution in [0.1, 0.15) is 37.7 Å². The summed E-state index contributed by atoms with van der Waals surface area (Å²) in [5, 5.41) is 5.39. The van der Waals surface area contributed by atoms with Crippen LogP contribution in [-0.2, 0) is 6.54 Å². The Bertz CT molecular complexity index is 976. The highest BCUT2D eigenvalue weighted by atomic mass is 35.5. The van der Waals surface area contributed by atoms with Crippen molar-refractivity contribution in [2.45, 2.75) is 44.7 Å². The van der Waals surface area contributed by atoms with E-state index in [1.165, 1.54) is 32.1 Å². The average Bonchev–Trinajstić information content (AvgIpc) is 2.71. The first-order chi connectivity index (χ1) is 13.2. The van der Waals surface area contributed by atoms with E-state index in [9.17, 15) is 4.79 Å². The molecule has 1 aliphatic rings. The summed E-state index contributed by atoms with van der Waals surface area (Å²) in [4.78, 5) is 12.9. The molecule has 3 aromatic rings. The number of halogens is 1. The van der Waals surface area contributed by atoms with E-state index in [1.54, 1.807) is 11.7 Å². The molecule has 5 heteroatoms. The summed E-state index contributed by atoms with van der Waals surface area (Å²) in [5.41, 5.74) is 2.24. The number of fused-ring (bicyclic) bond motifs is 1. The number of ether oxygens (including phenoxy) is 1. The van der Waals surface area contributed by atoms with Gasteiger partial charge in [0.25, 0.3) is 5.56 Å². The zero-order valence-corrected chi connectivity index (χ0v) is 17.0. The Morgan fingerprint density at radius 1 is 1.04 bits per heavy atom. The first-order valence-corrected chi connectivity index (χ1v) is 9.75. The topological polar surface area (TPSA) is 43.3 Å². The van der Waals surface area contributed by atoms with Gasteiger partial charge in [-0.3, -0.25) is 4.79 Å². The first kappa shape index (κ1) is 20.3. The Kier molecular flexibility index (Phi) is 6.63. The van der Waals surface area contributed by atoms with E-state index in [2.05, 4.69) is 11.4 Å². The molecule has 1 heterocycles. The number of nitrogens with zero attached hydrogens (tertiary/aromatic N) is 1. The number of pyridine rings is 1. The van der Waals surface area contributed by atoms with Crippen LogP contribution in [0.15, 0.2) is 59.5 Å². The largest absolute Gasteiger partial charge is 0.497 e. The Morgan fingerprint density at radius 3 is 2.50 bits per heavy atom. The Balaban J connectivity index is 0.00000225. The van der Waals surface area contributed by atoms with Gasteiger partial charge in [0, 0.05) is 23.3 Å². The molecule has 1 N–H and O–H groups in total. The number of hydrogen-bond donors (Lipinski definition) is 1. The molecule has 0 saturated heterocycles. The monoisotopic (exact) mass is 398 g/mol. The van der Waals surface area contributed by atoms with Crippen molar-refractivity contribution >= 4 is 28.9 Å². The average molecular weight is 399 g/mol. The maximum absolute atomic E-state index is 12.9. The Morgan fingerprint density at radius 2 is 1.79 bits per heavy atom. The van der Waals surface area contributed by atoms with Crippen LogP contribution < -0.4 is 15.6 Å². The normalized spacial score (nSPS) is 14.5. The number of nitrogens with one attached hydrogen (secondary N) is 1. The molecule has 1 saturated carbocycles.